The predicted octanol–water partition coefficient (Wildman–Crippen LogP) is 3.07. The number of ether oxygens (including phenoxy) is 2. The molecule has 28 heavy (non-hydrogen) atoms. The molecule has 0 bridgehead atoms. The van der Waals surface area contributed by atoms with Crippen LogP contribution in [0.15, 0.2) is 54.6 Å². The van der Waals surface area contributed by atoms with E-state index in [9.17, 15) is 19.9 Å². The number of non-ortho nitro benzene ring substituents is 1. The summed E-state index contributed by atoms with van der Waals surface area (Å²) in [5, 5.41) is 20.3. The highest BCUT2D eigenvalue weighted by Gasteiger charge is 2.22. The second-order valence-corrected chi connectivity index (χ2v) is 5.99. The Kier molecular flexibility index (Phi) is 8.80. The van der Waals surface area contributed by atoms with Crippen molar-refractivity contribution < 1.29 is 28.9 Å². The van der Waals surface area contributed by atoms with E-state index in [1.165, 1.54) is 12.1 Å². The molecule has 0 saturated carbocycles. The topological polar surface area (TPSA) is 108 Å². The lowest BCUT2D eigenvalue weighted by atomic mass is 9.80. The van der Waals surface area contributed by atoms with E-state index in [1.807, 2.05) is 0 Å². The minimum atomic E-state index is -1.34. The number of unbranched alkanes of at least 4 members (excludes halogenated alkanes) is 3. The minimum Gasteiger partial charge on any atom is -0.494 e. The van der Waals surface area contributed by atoms with Crippen molar-refractivity contribution in [2.75, 3.05) is 13.2 Å². The number of nitro benzene ring substituents is 1. The van der Waals surface area contributed by atoms with Crippen molar-refractivity contribution in [1.29, 1.82) is 0 Å². The molecule has 0 atom stereocenters. The van der Waals surface area contributed by atoms with Gasteiger partial charge in [-0.15, -0.1) is 0 Å². The van der Waals surface area contributed by atoms with Gasteiger partial charge in [0.2, 0.25) is 0 Å². The van der Waals surface area contributed by atoms with Crippen molar-refractivity contribution in [1.82, 2.24) is 0 Å². The lowest BCUT2D eigenvalue weighted by molar-refractivity contribution is -0.384. The third-order valence-electron chi connectivity index (χ3n) is 3.87. The highest BCUT2D eigenvalue weighted by atomic mass is 16.7. The van der Waals surface area contributed by atoms with Crippen molar-refractivity contribution in [3.8, 4) is 5.75 Å². The standard InChI is InChI=1S/C19H22BNO7/c22-19(28-20(23)16-8-4-3-5-9-16)27-15-7-2-1-6-14-26-18-12-10-17(11-13-18)21(24)25/h3-5,8-13,23H,1-2,6-7,14-15H2. The molecular formula is C19H22BNO7. The van der Waals surface area contributed by atoms with Crippen LogP contribution in [-0.2, 0) is 9.39 Å². The molecule has 0 aromatic heterocycles. The molecule has 0 unspecified atom stereocenters. The number of nitro groups is 1. The Bertz CT molecular complexity index is 740. The Labute approximate surface area is 163 Å². The largest absolute Gasteiger partial charge is 0.564 e. The van der Waals surface area contributed by atoms with Crippen LogP contribution >= 0.6 is 0 Å². The molecule has 0 aliphatic heterocycles. The molecule has 0 fully saturated rings. The number of nitrogens with zero attached hydrogens (tertiary/aromatic N) is 1. The SMILES string of the molecule is O=C(OCCCCCCOc1ccc([N+](=O)[O-])cc1)OB(O)c1ccccc1. The molecule has 0 heterocycles. The highest BCUT2D eigenvalue weighted by molar-refractivity contribution is 6.61. The van der Waals surface area contributed by atoms with Crippen LogP contribution in [-0.4, -0.2) is 36.4 Å². The second kappa shape index (κ2) is 11.6. The first-order chi connectivity index (χ1) is 13.6. The summed E-state index contributed by atoms with van der Waals surface area (Å²) in [5.74, 6) is 0.591. The quantitative estimate of drug-likeness (QED) is 0.208. The van der Waals surface area contributed by atoms with Gasteiger partial charge >= 0.3 is 13.3 Å². The number of rotatable bonds is 11. The third-order valence-corrected chi connectivity index (χ3v) is 3.87. The maximum absolute atomic E-state index is 11.5. The van der Waals surface area contributed by atoms with Crippen LogP contribution in [0.25, 0.3) is 0 Å². The molecule has 0 aliphatic rings. The van der Waals surface area contributed by atoms with E-state index in [1.54, 1.807) is 42.5 Å². The molecule has 9 heteroatoms. The Hall–Kier alpha value is -3.07. The molecule has 1 N–H and O–H groups in total. The predicted molar refractivity (Wildman–Crippen MR) is 104 cm³/mol. The lowest BCUT2D eigenvalue weighted by Gasteiger charge is -2.09. The van der Waals surface area contributed by atoms with Crippen LogP contribution in [0.3, 0.4) is 0 Å². The van der Waals surface area contributed by atoms with Crippen molar-refractivity contribution in [2.45, 2.75) is 25.7 Å². The highest BCUT2D eigenvalue weighted by Crippen LogP contribution is 2.17. The molecule has 0 spiro atoms. The van der Waals surface area contributed by atoms with Crippen LogP contribution in [0.5, 0.6) is 5.75 Å². The van der Waals surface area contributed by atoms with Crippen LogP contribution < -0.4 is 10.2 Å². The van der Waals surface area contributed by atoms with Gasteiger partial charge in [-0.25, -0.2) is 4.79 Å². The Morgan fingerprint density at radius 2 is 1.61 bits per heavy atom. The van der Waals surface area contributed by atoms with Gasteiger partial charge in [0.05, 0.1) is 18.1 Å². The average molecular weight is 387 g/mol. The fourth-order valence-electron chi connectivity index (χ4n) is 2.38. The van der Waals surface area contributed by atoms with Crippen LogP contribution in [0.4, 0.5) is 10.5 Å². The normalized spacial score (nSPS) is 10.2. The molecule has 2 aromatic rings. The number of carbonyl (C=O) groups is 1. The number of hydrogen-bond acceptors (Lipinski definition) is 7. The molecule has 0 amide bonds. The van der Waals surface area contributed by atoms with Gasteiger partial charge in [-0.05, 0) is 43.3 Å². The van der Waals surface area contributed by atoms with Gasteiger partial charge in [0.15, 0.2) is 0 Å². The van der Waals surface area contributed by atoms with E-state index in [0.29, 0.717) is 24.2 Å². The molecule has 8 nitrogen and oxygen atoms in total. The van der Waals surface area contributed by atoms with Crippen molar-refractivity contribution in [2.24, 2.45) is 0 Å². The average Bonchev–Trinajstić information content (AvgIpc) is 2.71. The van der Waals surface area contributed by atoms with Gasteiger partial charge in [-0.3, -0.25) is 10.1 Å². The van der Waals surface area contributed by atoms with Gasteiger partial charge in [0, 0.05) is 12.1 Å². The maximum atomic E-state index is 11.5. The molecule has 2 aromatic carbocycles. The van der Waals surface area contributed by atoms with E-state index < -0.39 is 18.2 Å². The van der Waals surface area contributed by atoms with Crippen LogP contribution in [0, 0.1) is 10.1 Å². The lowest BCUT2D eigenvalue weighted by Crippen LogP contribution is -2.35. The summed E-state index contributed by atoms with van der Waals surface area (Å²) in [6, 6.07) is 14.5. The summed E-state index contributed by atoms with van der Waals surface area (Å²) >= 11 is 0. The van der Waals surface area contributed by atoms with Crippen LogP contribution in [0.2, 0.25) is 0 Å². The third kappa shape index (κ3) is 7.67. The zero-order valence-electron chi connectivity index (χ0n) is 15.4. The zero-order valence-corrected chi connectivity index (χ0v) is 15.4. The summed E-state index contributed by atoms with van der Waals surface area (Å²) in [5.41, 5.74) is 0.509. The molecular weight excluding hydrogens is 365 g/mol. The molecule has 0 radical (unpaired) electrons. The van der Waals surface area contributed by atoms with E-state index in [2.05, 4.69) is 0 Å². The smallest absolute Gasteiger partial charge is 0.494 e. The van der Waals surface area contributed by atoms with Crippen molar-refractivity contribution >= 4 is 24.4 Å². The first-order valence-corrected chi connectivity index (χ1v) is 9.00. The summed E-state index contributed by atoms with van der Waals surface area (Å²) in [6.07, 6.45) is 2.32. The fraction of sp³-hybridized carbons (Fsp3) is 0.316. The van der Waals surface area contributed by atoms with Gasteiger partial charge in [0.1, 0.15) is 5.75 Å². The maximum Gasteiger partial charge on any atom is 0.564 e. The molecule has 0 aliphatic carbocycles. The van der Waals surface area contributed by atoms with Crippen molar-refractivity contribution in [3.05, 3.63) is 64.7 Å². The molecule has 2 rings (SSSR count). The second-order valence-electron chi connectivity index (χ2n) is 5.99. The first kappa shape index (κ1) is 21.2. The summed E-state index contributed by atoms with van der Waals surface area (Å²) < 4.78 is 15.2. The fourth-order valence-corrected chi connectivity index (χ4v) is 2.38. The number of hydrogen-bond donors (Lipinski definition) is 1. The summed E-state index contributed by atoms with van der Waals surface area (Å²) in [6.45, 7) is 0.716. The minimum absolute atomic E-state index is 0.0298. The van der Waals surface area contributed by atoms with E-state index >= 15 is 0 Å². The Balaban J connectivity index is 1.49. The van der Waals surface area contributed by atoms with Crippen LogP contribution in [0.1, 0.15) is 25.7 Å². The van der Waals surface area contributed by atoms with Crippen molar-refractivity contribution in [3.63, 3.8) is 0 Å². The monoisotopic (exact) mass is 387 g/mol. The summed E-state index contributed by atoms with van der Waals surface area (Å²) in [4.78, 5) is 21.6. The Morgan fingerprint density at radius 1 is 0.964 bits per heavy atom. The number of carbonyl (C=O) groups excluding carboxylic acids is 1. The molecule has 148 valence electrons. The van der Waals surface area contributed by atoms with E-state index in [-0.39, 0.29) is 12.3 Å². The first-order valence-electron chi connectivity index (χ1n) is 9.00. The summed E-state index contributed by atoms with van der Waals surface area (Å²) in [7, 11) is -1.34. The Morgan fingerprint density at radius 3 is 2.25 bits per heavy atom. The van der Waals surface area contributed by atoms with E-state index in [4.69, 9.17) is 14.1 Å². The van der Waals surface area contributed by atoms with Gasteiger partial charge in [-0.2, -0.15) is 0 Å². The zero-order chi connectivity index (χ0) is 20.2. The van der Waals surface area contributed by atoms with E-state index in [0.717, 1.165) is 19.3 Å². The van der Waals surface area contributed by atoms with Gasteiger partial charge in [0.25, 0.3) is 5.69 Å². The molecule has 0 saturated heterocycles. The number of benzene rings is 2. The van der Waals surface area contributed by atoms with Gasteiger partial charge < -0.3 is 19.2 Å². The van der Waals surface area contributed by atoms with Gasteiger partial charge in [-0.1, -0.05) is 30.3 Å².